The van der Waals surface area contributed by atoms with E-state index in [0.717, 1.165) is 42.1 Å². The zero-order valence-electron chi connectivity index (χ0n) is 13.8. The van der Waals surface area contributed by atoms with Gasteiger partial charge in [-0.15, -0.1) is 0 Å². The van der Waals surface area contributed by atoms with E-state index in [0.29, 0.717) is 6.04 Å². The van der Waals surface area contributed by atoms with Gasteiger partial charge in [0.25, 0.3) is 5.91 Å². The minimum absolute atomic E-state index is 0.153. The summed E-state index contributed by atoms with van der Waals surface area (Å²) >= 11 is 0. The van der Waals surface area contributed by atoms with Gasteiger partial charge in [-0.25, -0.2) is 0 Å². The molecule has 0 spiro atoms. The number of benzene rings is 1. The first-order valence-electron chi connectivity index (χ1n) is 8.14. The first-order valence-corrected chi connectivity index (χ1v) is 8.14. The van der Waals surface area contributed by atoms with Gasteiger partial charge in [0.2, 0.25) is 0 Å². The first kappa shape index (κ1) is 15.9. The van der Waals surface area contributed by atoms with Crippen LogP contribution in [0.25, 0.3) is 0 Å². The molecule has 2 rings (SSSR count). The lowest BCUT2D eigenvalue weighted by Crippen LogP contribution is -2.39. The van der Waals surface area contributed by atoms with Gasteiger partial charge < -0.3 is 10.2 Å². The first-order chi connectivity index (χ1) is 10.0. The van der Waals surface area contributed by atoms with Crippen molar-refractivity contribution in [2.45, 2.75) is 52.5 Å². The topological polar surface area (TPSA) is 32.3 Å². The number of hydrogen-bond donors (Lipinski definition) is 1. The molecule has 0 aliphatic heterocycles. The molecule has 0 bridgehead atoms. The Morgan fingerprint density at radius 1 is 1.38 bits per heavy atom. The van der Waals surface area contributed by atoms with Gasteiger partial charge in [-0.2, -0.15) is 0 Å². The average Bonchev–Trinajstić information content (AvgIpc) is 2.48. The van der Waals surface area contributed by atoms with Crippen molar-refractivity contribution in [1.29, 1.82) is 0 Å². The van der Waals surface area contributed by atoms with Crippen molar-refractivity contribution < 1.29 is 4.79 Å². The second kappa shape index (κ2) is 6.97. The molecule has 1 amide bonds. The van der Waals surface area contributed by atoms with E-state index in [1.54, 1.807) is 0 Å². The van der Waals surface area contributed by atoms with Crippen LogP contribution in [0.1, 0.15) is 55.5 Å². The summed E-state index contributed by atoms with van der Waals surface area (Å²) < 4.78 is 0. The average molecular weight is 288 g/mol. The molecule has 116 valence electrons. The van der Waals surface area contributed by atoms with Crippen LogP contribution in [0.15, 0.2) is 18.2 Å². The van der Waals surface area contributed by atoms with Crippen LogP contribution in [-0.2, 0) is 0 Å². The summed E-state index contributed by atoms with van der Waals surface area (Å²) in [6.45, 7) is 7.32. The molecule has 1 fully saturated rings. The number of nitrogens with one attached hydrogen (secondary N) is 1. The van der Waals surface area contributed by atoms with Crippen LogP contribution in [0, 0.1) is 12.8 Å². The van der Waals surface area contributed by atoms with Crippen molar-refractivity contribution in [2.75, 3.05) is 18.9 Å². The van der Waals surface area contributed by atoms with Crippen molar-refractivity contribution in [3.8, 4) is 0 Å². The zero-order chi connectivity index (χ0) is 15.4. The second-order valence-electron chi connectivity index (χ2n) is 6.40. The maximum absolute atomic E-state index is 12.7. The SMILES string of the molecule is CCNc1ccc(C(=O)N(C)C2CCCC(C)C2)cc1C. The van der Waals surface area contributed by atoms with E-state index < -0.39 is 0 Å². The minimum atomic E-state index is 0.153. The fourth-order valence-electron chi connectivity index (χ4n) is 3.31. The lowest BCUT2D eigenvalue weighted by atomic mass is 9.86. The summed E-state index contributed by atoms with van der Waals surface area (Å²) in [4.78, 5) is 14.6. The van der Waals surface area contributed by atoms with Crippen LogP contribution in [-0.4, -0.2) is 30.4 Å². The van der Waals surface area contributed by atoms with Crippen LogP contribution < -0.4 is 5.32 Å². The van der Waals surface area contributed by atoms with E-state index in [4.69, 9.17) is 0 Å². The number of carbonyl (C=O) groups is 1. The van der Waals surface area contributed by atoms with E-state index in [9.17, 15) is 4.79 Å². The summed E-state index contributed by atoms with van der Waals surface area (Å²) in [5, 5.41) is 3.32. The maximum atomic E-state index is 12.7. The molecule has 0 aromatic heterocycles. The summed E-state index contributed by atoms with van der Waals surface area (Å²) in [5.74, 6) is 0.886. The van der Waals surface area contributed by atoms with Crippen molar-refractivity contribution in [2.24, 2.45) is 5.92 Å². The van der Waals surface area contributed by atoms with Crippen LogP contribution in [0.4, 0.5) is 5.69 Å². The normalized spacial score (nSPS) is 21.9. The highest BCUT2D eigenvalue weighted by molar-refractivity contribution is 5.95. The zero-order valence-corrected chi connectivity index (χ0v) is 13.8. The van der Waals surface area contributed by atoms with Crippen LogP contribution in [0.2, 0.25) is 0 Å². The number of nitrogens with zero attached hydrogens (tertiary/aromatic N) is 1. The van der Waals surface area contributed by atoms with Crippen LogP contribution in [0.3, 0.4) is 0 Å². The van der Waals surface area contributed by atoms with Gasteiger partial charge in [0.15, 0.2) is 0 Å². The molecule has 0 radical (unpaired) electrons. The van der Waals surface area contributed by atoms with Gasteiger partial charge in [0.05, 0.1) is 0 Å². The number of aryl methyl sites for hydroxylation is 1. The summed E-state index contributed by atoms with van der Waals surface area (Å²) in [6.07, 6.45) is 4.81. The highest BCUT2D eigenvalue weighted by Crippen LogP contribution is 2.28. The number of hydrogen-bond acceptors (Lipinski definition) is 2. The molecule has 0 heterocycles. The third-order valence-corrected chi connectivity index (χ3v) is 4.62. The van der Waals surface area contributed by atoms with E-state index in [1.807, 2.05) is 30.1 Å². The molecule has 1 saturated carbocycles. The van der Waals surface area contributed by atoms with Gasteiger partial charge in [-0.3, -0.25) is 4.79 Å². The van der Waals surface area contributed by atoms with Crippen molar-refractivity contribution in [3.05, 3.63) is 29.3 Å². The highest BCUT2D eigenvalue weighted by Gasteiger charge is 2.26. The molecule has 2 atom stereocenters. The van der Waals surface area contributed by atoms with Crippen molar-refractivity contribution >= 4 is 11.6 Å². The van der Waals surface area contributed by atoms with Crippen LogP contribution in [0.5, 0.6) is 0 Å². The highest BCUT2D eigenvalue weighted by atomic mass is 16.2. The third kappa shape index (κ3) is 3.78. The molecule has 1 aliphatic rings. The fraction of sp³-hybridized carbons (Fsp3) is 0.611. The molecule has 3 heteroatoms. The Labute approximate surface area is 128 Å². The summed E-state index contributed by atoms with van der Waals surface area (Å²) in [7, 11) is 1.96. The quantitative estimate of drug-likeness (QED) is 0.905. The van der Waals surface area contributed by atoms with Crippen molar-refractivity contribution in [1.82, 2.24) is 4.90 Å². The molecule has 21 heavy (non-hydrogen) atoms. The molecule has 1 aromatic rings. The van der Waals surface area contributed by atoms with E-state index in [1.165, 1.54) is 12.8 Å². The van der Waals surface area contributed by atoms with E-state index in [2.05, 4.69) is 26.1 Å². The molecular formula is C18H28N2O. The van der Waals surface area contributed by atoms with Gasteiger partial charge in [0, 0.05) is 30.9 Å². The molecule has 1 aromatic carbocycles. The Balaban J connectivity index is 2.10. The largest absolute Gasteiger partial charge is 0.385 e. The van der Waals surface area contributed by atoms with E-state index in [-0.39, 0.29) is 5.91 Å². The Morgan fingerprint density at radius 3 is 2.76 bits per heavy atom. The maximum Gasteiger partial charge on any atom is 0.253 e. The predicted octanol–water partition coefficient (Wildman–Crippen LogP) is 4.08. The Kier molecular flexibility index (Phi) is 5.27. The van der Waals surface area contributed by atoms with Gasteiger partial charge >= 0.3 is 0 Å². The number of carbonyl (C=O) groups excluding carboxylic acids is 1. The standard InChI is InChI=1S/C18H28N2O/c1-5-19-17-10-9-15(12-14(17)3)18(21)20(4)16-8-6-7-13(2)11-16/h9-10,12-13,16,19H,5-8,11H2,1-4H3. The lowest BCUT2D eigenvalue weighted by molar-refractivity contribution is 0.0672. The van der Waals surface area contributed by atoms with Gasteiger partial charge in [0.1, 0.15) is 0 Å². The minimum Gasteiger partial charge on any atom is -0.385 e. The molecule has 1 aliphatic carbocycles. The Morgan fingerprint density at radius 2 is 2.14 bits per heavy atom. The monoisotopic (exact) mass is 288 g/mol. The molecule has 0 saturated heterocycles. The fourth-order valence-corrected chi connectivity index (χ4v) is 3.31. The van der Waals surface area contributed by atoms with Gasteiger partial charge in [-0.05, 0) is 56.4 Å². The second-order valence-corrected chi connectivity index (χ2v) is 6.40. The molecular weight excluding hydrogens is 260 g/mol. The summed E-state index contributed by atoms with van der Waals surface area (Å²) in [6, 6.07) is 6.36. The molecule has 3 nitrogen and oxygen atoms in total. The Bertz CT molecular complexity index is 498. The number of anilines is 1. The predicted molar refractivity (Wildman–Crippen MR) is 88.9 cm³/mol. The Hall–Kier alpha value is -1.51. The smallest absolute Gasteiger partial charge is 0.253 e. The third-order valence-electron chi connectivity index (χ3n) is 4.62. The lowest BCUT2D eigenvalue weighted by Gasteiger charge is -2.34. The number of amides is 1. The molecule has 2 unspecified atom stereocenters. The molecule has 1 N–H and O–H groups in total. The number of rotatable bonds is 4. The van der Waals surface area contributed by atoms with Crippen molar-refractivity contribution in [3.63, 3.8) is 0 Å². The van der Waals surface area contributed by atoms with Crippen LogP contribution >= 0.6 is 0 Å². The van der Waals surface area contributed by atoms with Gasteiger partial charge in [-0.1, -0.05) is 19.8 Å². The van der Waals surface area contributed by atoms with E-state index >= 15 is 0 Å². The summed E-state index contributed by atoms with van der Waals surface area (Å²) in [5.41, 5.74) is 3.05.